The van der Waals surface area contributed by atoms with Crippen molar-refractivity contribution in [1.29, 1.82) is 0 Å². The summed E-state index contributed by atoms with van der Waals surface area (Å²) in [6, 6.07) is 0. The van der Waals surface area contributed by atoms with Gasteiger partial charge in [-0.3, -0.25) is 0 Å². The molecule has 0 aromatic carbocycles. The first kappa shape index (κ1) is 18.5. The van der Waals surface area contributed by atoms with Crippen molar-refractivity contribution in [3.63, 3.8) is 0 Å². The van der Waals surface area contributed by atoms with Gasteiger partial charge in [0.05, 0.1) is 12.9 Å². The van der Waals surface area contributed by atoms with Gasteiger partial charge in [0, 0.05) is 6.61 Å². The highest BCUT2D eigenvalue weighted by molar-refractivity contribution is 4.64. The Kier molecular flexibility index (Phi) is 17.0. The molecular formula is C17H34O2. The van der Waals surface area contributed by atoms with E-state index in [1.165, 1.54) is 64.2 Å². The molecule has 0 spiro atoms. The third-order valence-corrected chi connectivity index (χ3v) is 3.22. The molecule has 114 valence electrons. The minimum absolute atomic E-state index is 0.669. The molecule has 0 fully saturated rings. The van der Waals surface area contributed by atoms with E-state index in [9.17, 15) is 0 Å². The van der Waals surface area contributed by atoms with E-state index in [-0.39, 0.29) is 0 Å². The van der Waals surface area contributed by atoms with Crippen LogP contribution in [0, 0.1) is 0 Å². The second kappa shape index (κ2) is 17.5. The van der Waals surface area contributed by atoms with Crippen molar-refractivity contribution in [3.05, 3.63) is 12.3 Å². The normalized spacial score (nSPS) is 11.3. The number of hydrogen-bond donors (Lipinski definition) is 0. The first-order chi connectivity index (χ1) is 9.41. The Morgan fingerprint density at radius 1 is 0.684 bits per heavy atom. The smallest absolute Gasteiger partial charge is 0.111 e. The van der Waals surface area contributed by atoms with Gasteiger partial charge < -0.3 is 9.47 Å². The third-order valence-electron chi connectivity index (χ3n) is 3.22. The van der Waals surface area contributed by atoms with Crippen LogP contribution in [-0.2, 0) is 9.47 Å². The summed E-state index contributed by atoms with van der Waals surface area (Å²) in [5, 5.41) is 0. The lowest BCUT2D eigenvalue weighted by molar-refractivity contribution is 0.0823. The third kappa shape index (κ3) is 17.5. The zero-order valence-electron chi connectivity index (χ0n) is 13.2. The second-order valence-electron chi connectivity index (χ2n) is 5.13. The highest BCUT2D eigenvalue weighted by Gasteiger charge is 1.93. The molecule has 0 bridgehead atoms. The molecule has 2 nitrogen and oxygen atoms in total. The summed E-state index contributed by atoms with van der Waals surface area (Å²) in [5.74, 6) is 0. The largest absolute Gasteiger partial charge is 0.499 e. The van der Waals surface area contributed by atoms with E-state index >= 15 is 0 Å². The molecule has 0 heterocycles. The summed E-state index contributed by atoms with van der Waals surface area (Å²) in [7, 11) is 0. The van der Waals surface area contributed by atoms with Crippen LogP contribution in [0.25, 0.3) is 0 Å². The van der Waals surface area contributed by atoms with Gasteiger partial charge >= 0.3 is 0 Å². The van der Waals surface area contributed by atoms with Gasteiger partial charge in [0.15, 0.2) is 0 Å². The van der Waals surface area contributed by atoms with Crippen molar-refractivity contribution in [1.82, 2.24) is 0 Å². The molecule has 0 saturated carbocycles. The van der Waals surface area contributed by atoms with Crippen molar-refractivity contribution in [3.8, 4) is 0 Å². The molecule has 0 amide bonds. The summed E-state index contributed by atoms with van der Waals surface area (Å²) in [4.78, 5) is 0. The summed E-state index contributed by atoms with van der Waals surface area (Å²) in [5.41, 5.74) is 0. The topological polar surface area (TPSA) is 18.5 Å². The van der Waals surface area contributed by atoms with Gasteiger partial charge in [-0.05, 0) is 13.3 Å². The number of ether oxygens (including phenoxy) is 2. The molecule has 0 rings (SSSR count). The quantitative estimate of drug-likeness (QED) is 0.290. The van der Waals surface area contributed by atoms with E-state index in [4.69, 9.17) is 9.47 Å². The fourth-order valence-electron chi connectivity index (χ4n) is 2.06. The van der Waals surface area contributed by atoms with Crippen molar-refractivity contribution in [2.45, 2.75) is 78.1 Å². The van der Waals surface area contributed by atoms with Crippen LogP contribution >= 0.6 is 0 Å². The number of unbranched alkanes of at least 4 members (excludes halogenated alkanes) is 9. The van der Waals surface area contributed by atoms with Crippen molar-refractivity contribution >= 4 is 0 Å². The summed E-state index contributed by atoms with van der Waals surface area (Å²) < 4.78 is 10.7. The first-order valence-corrected chi connectivity index (χ1v) is 8.22. The van der Waals surface area contributed by atoms with E-state index in [0.717, 1.165) is 6.61 Å². The Balaban J connectivity index is 2.91. The van der Waals surface area contributed by atoms with Crippen LogP contribution in [0.2, 0.25) is 0 Å². The Labute approximate surface area is 120 Å². The maximum Gasteiger partial charge on any atom is 0.111 e. The average molecular weight is 270 g/mol. The van der Waals surface area contributed by atoms with Crippen LogP contribution in [-0.4, -0.2) is 19.8 Å². The van der Waals surface area contributed by atoms with E-state index in [1.54, 1.807) is 6.26 Å². The van der Waals surface area contributed by atoms with Crippen LogP contribution < -0.4 is 0 Å². The molecule has 0 unspecified atom stereocenters. The predicted octanol–water partition coefficient (Wildman–Crippen LogP) is 5.47. The molecule has 2 heteroatoms. The van der Waals surface area contributed by atoms with Gasteiger partial charge in [-0.15, -0.1) is 0 Å². The molecule has 0 aliphatic rings. The lowest BCUT2D eigenvalue weighted by atomic mass is 10.1. The van der Waals surface area contributed by atoms with E-state index < -0.39 is 0 Å². The zero-order valence-corrected chi connectivity index (χ0v) is 13.2. The lowest BCUT2D eigenvalue weighted by Gasteiger charge is -2.04. The van der Waals surface area contributed by atoms with E-state index in [1.807, 2.05) is 13.0 Å². The van der Waals surface area contributed by atoms with Crippen molar-refractivity contribution in [2.24, 2.45) is 0 Å². The Morgan fingerprint density at radius 2 is 1.26 bits per heavy atom. The minimum Gasteiger partial charge on any atom is -0.499 e. The molecule has 0 aliphatic carbocycles. The number of allylic oxidation sites excluding steroid dienone is 1. The molecule has 0 aromatic rings. The Hall–Kier alpha value is -0.500. The lowest BCUT2D eigenvalue weighted by Crippen LogP contribution is -2.02. The maximum atomic E-state index is 5.49. The predicted molar refractivity (Wildman–Crippen MR) is 83.4 cm³/mol. The van der Waals surface area contributed by atoms with Gasteiger partial charge in [-0.1, -0.05) is 70.8 Å². The fourth-order valence-corrected chi connectivity index (χ4v) is 2.06. The molecule has 0 aliphatic heterocycles. The molecule has 19 heavy (non-hydrogen) atoms. The van der Waals surface area contributed by atoms with Crippen molar-refractivity contribution in [2.75, 3.05) is 19.8 Å². The molecular weight excluding hydrogens is 236 g/mol. The first-order valence-electron chi connectivity index (χ1n) is 8.22. The zero-order chi connectivity index (χ0) is 14.0. The van der Waals surface area contributed by atoms with Gasteiger partial charge in [-0.2, -0.15) is 0 Å². The van der Waals surface area contributed by atoms with E-state index in [0.29, 0.717) is 13.2 Å². The van der Waals surface area contributed by atoms with Crippen LogP contribution in [0.1, 0.15) is 78.1 Å². The van der Waals surface area contributed by atoms with Crippen LogP contribution in [0.3, 0.4) is 0 Å². The number of hydrogen-bond acceptors (Lipinski definition) is 2. The SMILES string of the molecule is CC=COCCOCCCCCCCCCCCC. The van der Waals surface area contributed by atoms with Crippen LogP contribution in [0.15, 0.2) is 12.3 Å². The fraction of sp³-hybridized carbons (Fsp3) is 0.882. The summed E-state index contributed by atoms with van der Waals surface area (Å²) in [6.07, 6.45) is 17.3. The average Bonchev–Trinajstić information content (AvgIpc) is 2.43. The standard InChI is InChI=1S/C17H34O2/c1-3-5-6-7-8-9-10-11-12-13-15-19-17-16-18-14-4-2/h4,14H,3,5-13,15-17H2,1-2H3. The molecule has 0 atom stereocenters. The Bertz CT molecular complexity index is 178. The molecule has 0 N–H and O–H groups in total. The van der Waals surface area contributed by atoms with Gasteiger partial charge in [0.2, 0.25) is 0 Å². The number of rotatable bonds is 15. The van der Waals surface area contributed by atoms with Crippen LogP contribution in [0.5, 0.6) is 0 Å². The second-order valence-corrected chi connectivity index (χ2v) is 5.13. The molecule has 0 radical (unpaired) electrons. The van der Waals surface area contributed by atoms with Crippen LogP contribution in [0.4, 0.5) is 0 Å². The van der Waals surface area contributed by atoms with Crippen molar-refractivity contribution < 1.29 is 9.47 Å². The van der Waals surface area contributed by atoms with Gasteiger partial charge in [0.25, 0.3) is 0 Å². The highest BCUT2D eigenvalue weighted by atomic mass is 16.5. The van der Waals surface area contributed by atoms with Gasteiger partial charge in [0.1, 0.15) is 6.61 Å². The Morgan fingerprint density at radius 3 is 1.84 bits per heavy atom. The summed E-state index contributed by atoms with van der Waals surface area (Å²) in [6.45, 7) is 6.49. The highest BCUT2D eigenvalue weighted by Crippen LogP contribution is 2.10. The van der Waals surface area contributed by atoms with Gasteiger partial charge in [-0.25, -0.2) is 0 Å². The molecule has 0 aromatic heterocycles. The minimum atomic E-state index is 0.669. The maximum absolute atomic E-state index is 5.49. The summed E-state index contributed by atoms with van der Waals surface area (Å²) >= 11 is 0. The monoisotopic (exact) mass is 270 g/mol. The molecule has 0 saturated heterocycles. The van der Waals surface area contributed by atoms with E-state index in [2.05, 4.69) is 6.92 Å².